The molecule has 3 aliphatic rings. The van der Waals surface area contributed by atoms with Crippen molar-refractivity contribution in [3.8, 4) is 5.82 Å². The average Bonchev–Trinajstić information content (AvgIpc) is 3.49. The second-order valence-electron chi connectivity index (χ2n) is 15.9. The topological polar surface area (TPSA) is 166 Å². The molecule has 0 bridgehead atoms. The summed E-state index contributed by atoms with van der Waals surface area (Å²) in [5.41, 5.74) is 3.54. The summed E-state index contributed by atoms with van der Waals surface area (Å²) in [6.45, 7) is 14.6. The van der Waals surface area contributed by atoms with Gasteiger partial charge in [0.1, 0.15) is 17.0 Å². The van der Waals surface area contributed by atoms with Crippen LogP contribution < -0.4 is 31.3 Å². The summed E-state index contributed by atoms with van der Waals surface area (Å²) in [5.74, 6) is 1.01. The monoisotopic (exact) mass is 785 g/mol. The van der Waals surface area contributed by atoms with Crippen molar-refractivity contribution in [2.75, 3.05) is 66.2 Å². The highest BCUT2D eigenvalue weighted by Crippen LogP contribution is 2.28. The van der Waals surface area contributed by atoms with Crippen LogP contribution in [0.15, 0.2) is 90.4 Å². The summed E-state index contributed by atoms with van der Waals surface area (Å²) in [7, 11) is 0. The van der Waals surface area contributed by atoms with Crippen molar-refractivity contribution in [1.82, 2.24) is 34.5 Å². The Balaban J connectivity index is 0.832. The smallest absolute Gasteiger partial charge is 0.278 e. The van der Waals surface area contributed by atoms with E-state index in [4.69, 9.17) is 4.98 Å². The van der Waals surface area contributed by atoms with Crippen molar-refractivity contribution in [2.45, 2.75) is 57.7 Å². The van der Waals surface area contributed by atoms with E-state index < -0.39 is 5.60 Å². The van der Waals surface area contributed by atoms with Gasteiger partial charge in [-0.1, -0.05) is 12.1 Å². The molecule has 58 heavy (non-hydrogen) atoms. The van der Waals surface area contributed by atoms with E-state index in [1.165, 1.54) is 22.3 Å². The fourth-order valence-corrected chi connectivity index (χ4v) is 8.10. The summed E-state index contributed by atoms with van der Waals surface area (Å²) in [6.07, 6.45) is 6.35. The van der Waals surface area contributed by atoms with Crippen LogP contribution in [0.2, 0.25) is 0 Å². The van der Waals surface area contributed by atoms with Crippen LogP contribution in [0.5, 0.6) is 0 Å². The molecule has 2 amide bonds. The van der Waals surface area contributed by atoms with Gasteiger partial charge >= 0.3 is 0 Å². The molecule has 1 atom stereocenters. The highest BCUT2D eigenvalue weighted by atomic mass is 16.3. The number of anilines is 5. The molecule has 8 rings (SSSR count). The zero-order valence-corrected chi connectivity index (χ0v) is 33.1. The first-order valence-corrected chi connectivity index (χ1v) is 20.1. The van der Waals surface area contributed by atoms with Crippen molar-refractivity contribution in [2.24, 2.45) is 5.92 Å². The van der Waals surface area contributed by atoms with Gasteiger partial charge in [-0.05, 0) is 99.7 Å². The molecule has 302 valence electrons. The number of carbonyl (C=O) groups is 2. The number of aliphatic hydroxyl groups is 1. The quantitative estimate of drug-likeness (QED) is 0.104. The number of allylic oxidation sites excluding steroid dienone is 1. The molecule has 4 N–H and O–H groups in total. The van der Waals surface area contributed by atoms with Crippen LogP contribution in [0.3, 0.4) is 0 Å². The van der Waals surface area contributed by atoms with Gasteiger partial charge in [-0.15, -0.1) is 6.58 Å². The Morgan fingerprint density at radius 2 is 1.53 bits per heavy atom. The number of imide groups is 1. The van der Waals surface area contributed by atoms with Gasteiger partial charge in [-0.25, -0.2) is 19.3 Å². The van der Waals surface area contributed by atoms with E-state index in [2.05, 4.69) is 71.5 Å². The van der Waals surface area contributed by atoms with Crippen LogP contribution in [0.1, 0.15) is 45.2 Å². The van der Waals surface area contributed by atoms with E-state index in [9.17, 15) is 19.5 Å². The lowest BCUT2D eigenvalue weighted by Crippen LogP contribution is -2.49. The minimum Gasteiger partial charge on any atom is -0.384 e. The molecule has 6 heterocycles. The minimum absolute atomic E-state index is 0.207. The van der Waals surface area contributed by atoms with E-state index in [1.54, 1.807) is 42.8 Å². The molecule has 0 radical (unpaired) electrons. The Hall–Kier alpha value is -6.06. The van der Waals surface area contributed by atoms with Gasteiger partial charge in [0.05, 0.1) is 12.2 Å². The van der Waals surface area contributed by atoms with Crippen LogP contribution in [0.4, 0.5) is 28.7 Å². The van der Waals surface area contributed by atoms with Gasteiger partial charge < -0.3 is 25.5 Å². The van der Waals surface area contributed by atoms with Crippen molar-refractivity contribution in [1.29, 1.82) is 0 Å². The molecule has 0 saturated carbocycles. The molecule has 2 aromatic carbocycles. The Morgan fingerprint density at radius 3 is 2.19 bits per heavy atom. The van der Waals surface area contributed by atoms with Gasteiger partial charge in [-0.2, -0.15) is 4.98 Å². The number of piperidine rings is 2. The predicted octanol–water partition coefficient (Wildman–Crippen LogP) is 4.39. The SMILES string of the molecule is C=CCn1c(=O)c2cnc(Nc3ccc(N4CCC(CN5CCN(c6ccc(NC7CCC(=O)NC7=O)cc6)CC5)CC4)cc3)nc2n1-c1cccc(C(C)(C)O)n1. The van der Waals surface area contributed by atoms with Gasteiger partial charge in [0.25, 0.3) is 5.56 Å². The van der Waals surface area contributed by atoms with E-state index in [1.807, 2.05) is 24.3 Å². The van der Waals surface area contributed by atoms with Crippen molar-refractivity contribution in [3.05, 3.63) is 102 Å². The summed E-state index contributed by atoms with van der Waals surface area (Å²) < 4.78 is 3.17. The number of hydrogen-bond acceptors (Lipinski definition) is 12. The number of aromatic nitrogens is 5. The molecule has 0 aliphatic carbocycles. The molecule has 0 spiro atoms. The molecular weight excluding hydrogens is 735 g/mol. The number of nitrogens with zero attached hydrogens (tertiary/aromatic N) is 8. The van der Waals surface area contributed by atoms with E-state index in [0.717, 1.165) is 70.0 Å². The summed E-state index contributed by atoms with van der Waals surface area (Å²) in [4.78, 5) is 58.3. The molecule has 15 heteroatoms. The molecule has 1 unspecified atom stereocenters. The Kier molecular flexibility index (Phi) is 11.0. The normalized spacial score (nSPS) is 18.4. The number of benzene rings is 2. The first-order valence-electron chi connectivity index (χ1n) is 20.1. The lowest BCUT2D eigenvalue weighted by molar-refractivity contribution is -0.133. The molecule has 3 aliphatic heterocycles. The number of hydrogen-bond donors (Lipinski definition) is 4. The number of pyridine rings is 1. The van der Waals surface area contributed by atoms with Gasteiger partial charge in [-0.3, -0.25) is 24.6 Å². The number of piperazine rings is 1. The van der Waals surface area contributed by atoms with Gasteiger partial charge in [0.2, 0.25) is 17.8 Å². The zero-order valence-electron chi connectivity index (χ0n) is 33.1. The predicted molar refractivity (Wildman–Crippen MR) is 226 cm³/mol. The maximum absolute atomic E-state index is 13.4. The van der Waals surface area contributed by atoms with Crippen LogP contribution in [0.25, 0.3) is 16.9 Å². The molecule has 5 aromatic rings. The van der Waals surface area contributed by atoms with E-state index in [0.29, 0.717) is 47.3 Å². The second kappa shape index (κ2) is 16.4. The number of fused-ring (bicyclic) bond motifs is 1. The van der Waals surface area contributed by atoms with Crippen LogP contribution in [-0.4, -0.2) is 98.0 Å². The summed E-state index contributed by atoms with van der Waals surface area (Å²) in [5, 5.41) is 19.9. The molecule has 3 saturated heterocycles. The number of rotatable bonds is 12. The first-order chi connectivity index (χ1) is 28.0. The number of nitrogens with one attached hydrogen (secondary N) is 3. The largest absolute Gasteiger partial charge is 0.384 e. The third-order valence-electron chi connectivity index (χ3n) is 11.4. The van der Waals surface area contributed by atoms with Crippen LogP contribution >= 0.6 is 0 Å². The van der Waals surface area contributed by atoms with Gasteiger partial charge in [0, 0.05) is 81.2 Å². The molecule has 15 nitrogen and oxygen atoms in total. The fourth-order valence-electron chi connectivity index (χ4n) is 8.10. The molecule has 3 fully saturated rings. The van der Waals surface area contributed by atoms with Crippen LogP contribution in [0, 0.1) is 5.92 Å². The average molecular weight is 786 g/mol. The van der Waals surface area contributed by atoms with Gasteiger partial charge in [0.15, 0.2) is 11.5 Å². The highest BCUT2D eigenvalue weighted by molar-refractivity contribution is 6.01. The molecular formula is C43H51N11O4. The van der Waals surface area contributed by atoms with Crippen molar-refractivity contribution in [3.63, 3.8) is 0 Å². The summed E-state index contributed by atoms with van der Waals surface area (Å²) in [6, 6.07) is 21.5. The third kappa shape index (κ3) is 8.46. The lowest BCUT2D eigenvalue weighted by atomic mass is 9.95. The fraction of sp³-hybridized carbons (Fsp3) is 0.395. The maximum atomic E-state index is 13.4. The Labute approximate surface area is 337 Å². The number of carbonyl (C=O) groups excluding carboxylic acids is 2. The highest BCUT2D eigenvalue weighted by Gasteiger charge is 2.28. The second-order valence-corrected chi connectivity index (χ2v) is 15.9. The van der Waals surface area contributed by atoms with Crippen molar-refractivity contribution >= 4 is 51.5 Å². The minimum atomic E-state index is -1.16. The standard InChI is InChI=1S/C43H51N11O4/c1-4-20-53-41(57)34-27-44-42(49-39(34)54(53)37-7-5-6-36(47-37)43(2,3)58)46-31-10-14-32(15-11-31)51-21-18-29(19-22-51)28-50-23-25-52(26-24-50)33-12-8-30(9-13-33)45-35-16-17-38(55)48-40(35)56/h4-15,27,29,35,45,58H,1,16-26,28H2,2-3H3,(H,44,46,49)(H,48,55,56). The molecule has 3 aromatic heterocycles. The maximum Gasteiger partial charge on any atom is 0.278 e. The summed E-state index contributed by atoms with van der Waals surface area (Å²) >= 11 is 0. The van der Waals surface area contributed by atoms with E-state index in [-0.39, 0.29) is 30.0 Å². The Bertz CT molecular complexity index is 2330. The van der Waals surface area contributed by atoms with Crippen molar-refractivity contribution < 1.29 is 14.7 Å². The first kappa shape index (κ1) is 38.8. The third-order valence-corrected chi connectivity index (χ3v) is 11.4. The van der Waals surface area contributed by atoms with E-state index >= 15 is 0 Å². The number of amides is 2. The zero-order chi connectivity index (χ0) is 40.4. The Morgan fingerprint density at radius 1 is 0.862 bits per heavy atom. The van der Waals surface area contributed by atoms with Crippen LogP contribution in [-0.2, 0) is 21.7 Å². The lowest BCUT2D eigenvalue weighted by Gasteiger charge is -2.40.